The van der Waals surface area contributed by atoms with Crippen molar-refractivity contribution in [3.63, 3.8) is 0 Å². The van der Waals surface area contributed by atoms with Crippen molar-refractivity contribution in [1.82, 2.24) is 10.6 Å². The Labute approximate surface area is 225 Å². The van der Waals surface area contributed by atoms with Gasteiger partial charge in [-0.15, -0.1) is 0 Å². The highest BCUT2D eigenvalue weighted by atomic mass is 16.5. The number of amides is 2. The van der Waals surface area contributed by atoms with Crippen LogP contribution < -0.4 is 10.6 Å². The minimum absolute atomic E-state index is 0.227. The molecule has 2 atom stereocenters. The molecule has 2 aromatic carbocycles. The van der Waals surface area contributed by atoms with Crippen molar-refractivity contribution in [3.05, 3.63) is 71.8 Å². The van der Waals surface area contributed by atoms with E-state index in [-0.39, 0.29) is 13.2 Å². The van der Waals surface area contributed by atoms with Crippen molar-refractivity contribution in [2.24, 2.45) is 0 Å². The minimum atomic E-state index is -1.17. The number of rotatable bonds is 16. The summed E-state index contributed by atoms with van der Waals surface area (Å²) >= 11 is 0. The monoisotopic (exact) mass is 524 g/mol. The highest BCUT2D eigenvalue weighted by Gasteiger charge is 2.31. The fourth-order valence-electron chi connectivity index (χ4n) is 3.81. The van der Waals surface area contributed by atoms with Gasteiger partial charge in [0.1, 0.15) is 0 Å². The fourth-order valence-corrected chi connectivity index (χ4v) is 3.81. The standard InChI is InChI=1S/C30H40N2O6/c1-3-5-7-15-21-37-29(35)25(23-17-11-9-12-18-23)31-27(33)28(34)32-26(24-19-13-10-14-20-24)30(36)38-22-16-8-6-4-2/h9-14,17-20,25-26H,3-8,15-16,21-22H2,1-2H3,(H,31,33)(H,32,34)/t25-,26-/m0/s1. The molecule has 2 rings (SSSR count). The van der Waals surface area contributed by atoms with E-state index in [0.29, 0.717) is 11.1 Å². The Morgan fingerprint density at radius 2 is 0.947 bits per heavy atom. The first kappa shape index (κ1) is 30.5. The van der Waals surface area contributed by atoms with E-state index in [4.69, 9.17) is 9.47 Å². The van der Waals surface area contributed by atoms with Gasteiger partial charge in [-0.3, -0.25) is 9.59 Å². The van der Waals surface area contributed by atoms with Gasteiger partial charge in [-0.05, 0) is 24.0 Å². The molecule has 0 heterocycles. The van der Waals surface area contributed by atoms with E-state index in [1.54, 1.807) is 60.7 Å². The molecule has 38 heavy (non-hydrogen) atoms. The summed E-state index contributed by atoms with van der Waals surface area (Å²) in [6.07, 6.45) is 7.50. The maximum atomic E-state index is 12.9. The van der Waals surface area contributed by atoms with Crippen molar-refractivity contribution < 1.29 is 28.7 Å². The lowest BCUT2D eigenvalue weighted by atomic mass is 10.1. The lowest BCUT2D eigenvalue weighted by molar-refractivity contribution is -0.152. The Kier molecular flexibility index (Phi) is 14.2. The lowest BCUT2D eigenvalue weighted by Gasteiger charge is -2.20. The number of carbonyl (C=O) groups is 4. The highest BCUT2D eigenvalue weighted by Crippen LogP contribution is 2.17. The summed E-state index contributed by atoms with van der Waals surface area (Å²) < 4.78 is 10.8. The van der Waals surface area contributed by atoms with Gasteiger partial charge in [0, 0.05) is 0 Å². The Morgan fingerprint density at radius 1 is 0.579 bits per heavy atom. The van der Waals surface area contributed by atoms with E-state index in [1.165, 1.54) is 0 Å². The van der Waals surface area contributed by atoms with Gasteiger partial charge in [-0.25, -0.2) is 9.59 Å². The molecule has 2 amide bonds. The summed E-state index contributed by atoms with van der Waals surface area (Å²) in [6.45, 7) is 4.64. The number of unbranched alkanes of at least 4 members (excludes halogenated alkanes) is 6. The van der Waals surface area contributed by atoms with E-state index in [2.05, 4.69) is 24.5 Å². The summed E-state index contributed by atoms with van der Waals surface area (Å²) in [5.41, 5.74) is 0.969. The third kappa shape index (κ3) is 10.7. The minimum Gasteiger partial charge on any atom is -0.464 e. The number of benzene rings is 2. The van der Waals surface area contributed by atoms with Gasteiger partial charge in [-0.1, -0.05) is 113 Å². The smallest absolute Gasteiger partial charge is 0.333 e. The lowest BCUT2D eigenvalue weighted by Crippen LogP contribution is -2.46. The van der Waals surface area contributed by atoms with Crippen molar-refractivity contribution in [3.8, 4) is 0 Å². The van der Waals surface area contributed by atoms with Gasteiger partial charge < -0.3 is 20.1 Å². The Morgan fingerprint density at radius 3 is 1.29 bits per heavy atom. The summed E-state index contributed by atoms with van der Waals surface area (Å²) in [5, 5.41) is 4.94. The van der Waals surface area contributed by atoms with Crippen molar-refractivity contribution in [2.45, 2.75) is 77.3 Å². The first-order valence-electron chi connectivity index (χ1n) is 13.5. The van der Waals surface area contributed by atoms with Crippen molar-refractivity contribution >= 4 is 23.8 Å². The Bertz CT molecular complexity index is 915. The van der Waals surface area contributed by atoms with Crippen LogP contribution in [0.15, 0.2) is 60.7 Å². The molecule has 0 aliphatic carbocycles. The first-order valence-corrected chi connectivity index (χ1v) is 13.5. The Balaban J connectivity index is 2.07. The van der Waals surface area contributed by atoms with E-state index in [9.17, 15) is 19.2 Å². The molecule has 0 fully saturated rings. The van der Waals surface area contributed by atoms with Crippen LogP contribution in [0.4, 0.5) is 0 Å². The molecule has 0 bridgehead atoms. The topological polar surface area (TPSA) is 111 Å². The van der Waals surface area contributed by atoms with Gasteiger partial charge in [0.05, 0.1) is 13.2 Å². The van der Waals surface area contributed by atoms with E-state index in [1.807, 2.05) is 0 Å². The summed E-state index contributed by atoms with van der Waals surface area (Å²) in [7, 11) is 0. The average molecular weight is 525 g/mol. The van der Waals surface area contributed by atoms with E-state index < -0.39 is 35.8 Å². The molecule has 0 aliphatic heterocycles. The third-order valence-corrected chi connectivity index (χ3v) is 5.98. The van der Waals surface area contributed by atoms with Crippen LogP contribution in [0, 0.1) is 0 Å². The SMILES string of the molecule is CCCCCCOC(=O)[C@@H](NC(=O)C(=O)N[C@H](C(=O)OCCCCCC)c1ccccc1)c1ccccc1. The van der Waals surface area contributed by atoms with Crippen LogP contribution >= 0.6 is 0 Å². The van der Waals surface area contributed by atoms with Crippen molar-refractivity contribution in [1.29, 1.82) is 0 Å². The number of esters is 2. The number of carbonyl (C=O) groups excluding carboxylic acids is 4. The number of hydrogen-bond acceptors (Lipinski definition) is 6. The van der Waals surface area contributed by atoms with Crippen LogP contribution in [0.1, 0.15) is 88.4 Å². The molecular formula is C30H40N2O6. The largest absolute Gasteiger partial charge is 0.464 e. The molecule has 2 N–H and O–H groups in total. The van der Waals surface area contributed by atoms with Crippen molar-refractivity contribution in [2.75, 3.05) is 13.2 Å². The van der Waals surface area contributed by atoms with E-state index >= 15 is 0 Å². The number of hydrogen-bond donors (Lipinski definition) is 2. The zero-order valence-electron chi connectivity index (χ0n) is 22.4. The van der Waals surface area contributed by atoms with Gasteiger partial charge in [0.25, 0.3) is 0 Å². The summed E-state index contributed by atoms with van der Waals surface area (Å²) in [6, 6.07) is 14.8. The van der Waals surface area contributed by atoms with Gasteiger partial charge in [-0.2, -0.15) is 0 Å². The second-order valence-corrected chi connectivity index (χ2v) is 9.09. The zero-order valence-corrected chi connectivity index (χ0v) is 22.4. The summed E-state index contributed by atoms with van der Waals surface area (Å²) in [4.78, 5) is 51.4. The average Bonchev–Trinajstić information content (AvgIpc) is 2.94. The molecule has 0 saturated carbocycles. The molecule has 2 aromatic rings. The van der Waals surface area contributed by atoms with Crippen LogP contribution in [0.25, 0.3) is 0 Å². The molecule has 0 aliphatic rings. The zero-order chi connectivity index (χ0) is 27.6. The molecule has 0 unspecified atom stereocenters. The normalized spacial score (nSPS) is 12.2. The van der Waals surface area contributed by atoms with Gasteiger partial charge in [0.15, 0.2) is 12.1 Å². The van der Waals surface area contributed by atoms with Crippen LogP contribution in [-0.2, 0) is 28.7 Å². The molecule has 0 spiro atoms. The van der Waals surface area contributed by atoms with Gasteiger partial charge >= 0.3 is 23.8 Å². The number of ether oxygens (including phenoxy) is 2. The summed E-state index contributed by atoms with van der Waals surface area (Å²) in [5.74, 6) is -3.42. The fraction of sp³-hybridized carbons (Fsp3) is 0.467. The maximum absolute atomic E-state index is 12.9. The highest BCUT2D eigenvalue weighted by molar-refractivity contribution is 6.35. The second-order valence-electron chi connectivity index (χ2n) is 9.09. The molecule has 0 radical (unpaired) electrons. The predicted molar refractivity (Wildman–Crippen MR) is 145 cm³/mol. The molecule has 0 aromatic heterocycles. The second kappa shape index (κ2) is 17.7. The molecule has 0 saturated heterocycles. The van der Waals surface area contributed by atoms with Crippen LogP contribution in [-0.4, -0.2) is 37.0 Å². The molecule has 206 valence electrons. The molecule has 8 nitrogen and oxygen atoms in total. The van der Waals surface area contributed by atoms with Gasteiger partial charge in [0.2, 0.25) is 0 Å². The Hall–Kier alpha value is -3.68. The number of nitrogens with one attached hydrogen (secondary N) is 2. The molecule has 8 heteroatoms. The van der Waals surface area contributed by atoms with Crippen LogP contribution in [0.3, 0.4) is 0 Å². The maximum Gasteiger partial charge on any atom is 0.333 e. The third-order valence-electron chi connectivity index (χ3n) is 5.98. The van der Waals surface area contributed by atoms with Crippen LogP contribution in [0.5, 0.6) is 0 Å². The van der Waals surface area contributed by atoms with Crippen LogP contribution in [0.2, 0.25) is 0 Å². The quantitative estimate of drug-likeness (QED) is 0.183. The molecular weight excluding hydrogens is 484 g/mol. The van der Waals surface area contributed by atoms with E-state index in [0.717, 1.165) is 51.4 Å². The first-order chi connectivity index (χ1) is 18.5. The predicted octanol–water partition coefficient (Wildman–Crippen LogP) is 4.95.